The summed E-state index contributed by atoms with van der Waals surface area (Å²) in [5, 5.41) is 10.8. The summed E-state index contributed by atoms with van der Waals surface area (Å²) < 4.78 is 0.856. The molecule has 18 heavy (non-hydrogen) atoms. The third-order valence-corrected chi connectivity index (χ3v) is 5.34. The maximum absolute atomic E-state index is 12.1. The van der Waals surface area contributed by atoms with Crippen LogP contribution in [0.4, 0.5) is 0 Å². The van der Waals surface area contributed by atoms with Crippen LogP contribution in [0.1, 0.15) is 39.5 Å². The van der Waals surface area contributed by atoms with Crippen LogP contribution in [0.3, 0.4) is 0 Å². The summed E-state index contributed by atoms with van der Waals surface area (Å²) in [5.41, 5.74) is 1.69. The lowest BCUT2D eigenvalue weighted by atomic mass is 9.86. The number of aromatic nitrogens is 2. The molecule has 1 N–H and O–H groups in total. The number of carbonyl (C=O) groups excluding carboxylic acids is 1. The maximum atomic E-state index is 12.1. The number of nitrogens with zero attached hydrogens (tertiary/aromatic N) is 2. The van der Waals surface area contributed by atoms with Crippen molar-refractivity contribution < 1.29 is 4.79 Å². The molecule has 2 rings (SSSR count). The lowest BCUT2D eigenvalue weighted by Gasteiger charge is -2.30. The van der Waals surface area contributed by atoms with E-state index in [1.165, 1.54) is 42.4 Å². The second-order valence-electron chi connectivity index (χ2n) is 4.84. The van der Waals surface area contributed by atoms with Crippen molar-refractivity contribution in [2.75, 3.05) is 0 Å². The lowest BCUT2D eigenvalue weighted by molar-refractivity contribution is -0.121. The molecule has 0 unspecified atom stereocenters. The van der Waals surface area contributed by atoms with Gasteiger partial charge in [-0.05, 0) is 25.7 Å². The molecule has 1 heterocycles. The van der Waals surface area contributed by atoms with Crippen molar-refractivity contribution in [3.8, 4) is 0 Å². The van der Waals surface area contributed by atoms with E-state index in [-0.39, 0.29) is 11.2 Å². The Kier molecular flexibility index (Phi) is 5.00. The molecule has 1 aromatic rings. The largest absolute Gasteiger partial charge is 0.352 e. The Morgan fingerprint density at radius 1 is 1.56 bits per heavy atom. The Bertz CT molecular complexity index is 383. The molecule has 0 radical (unpaired) electrons. The summed E-state index contributed by atoms with van der Waals surface area (Å²) in [6, 6.07) is 0.351. The predicted molar refractivity (Wildman–Crippen MR) is 74.8 cm³/mol. The molecular formula is C12H19N3OS2. The first-order chi connectivity index (χ1) is 8.66. The first kappa shape index (κ1) is 13.8. The SMILES string of the molecule is C[C@@H](Sc1nncs1)C(=O)N[C@H]1CCCC[C@@H]1C. The summed E-state index contributed by atoms with van der Waals surface area (Å²) in [5.74, 6) is 0.718. The fraction of sp³-hybridized carbons (Fsp3) is 0.750. The molecule has 0 saturated heterocycles. The highest BCUT2D eigenvalue weighted by atomic mass is 32.2. The zero-order chi connectivity index (χ0) is 13.0. The standard InChI is InChI=1S/C12H19N3OS2/c1-8-5-3-4-6-10(8)14-11(16)9(2)18-12-15-13-7-17-12/h7-10H,3-6H2,1-2H3,(H,14,16)/t8-,9+,10-/m0/s1. The van der Waals surface area contributed by atoms with Crippen LogP contribution in [0.15, 0.2) is 9.85 Å². The Morgan fingerprint density at radius 2 is 2.33 bits per heavy atom. The smallest absolute Gasteiger partial charge is 0.233 e. The van der Waals surface area contributed by atoms with Crippen molar-refractivity contribution in [1.82, 2.24) is 15.5 Å². The van der Waals surface area contributed by atoms with Crippen molar-refractivity contribution in [3.05, 3.63) is 5.51 Å². The van der Waals surface area contributed by atoms with Gasteiger partial charge in [-0.15, -0.1) is 10.2 Å². The van der Waals surface area contributed by atoms with E-state index in [9.17, 15) is 4.79 Å². The second kappa shape index (κ2) is 6.52. The molecule has 0 bridgehead atoms. The van der Waals surface area contributed by atoms with Crippen LogP contribution in [0.2, 0.25) is 0 Å². The van der Waals surface area contributed by atoms with Gasteiger partial charge in [0.15, 0.2) is 4.34 Å². The number of hydrogen-bond donors (Lipinski definition) is 1. The Morgan fingerprint density at radius 3 is 3.00 bits per heavy atom. The van der Waals surface area contributed by atoms with E-state index < -0.39 is 0 Å². The quantitative estimate of drug-likeness (QED) is 0.864. The summed E-state index contributed by atoms with van der Waals surface area (Å²) in [6.07, 6.45) is 4.86. The average Bonchev–Trinajstić information content (AvgIpc) is 2.84. The van der Waals surface area contributed by atoms with Gasteiger partial charge in [0.25, 0.3) is 0 Å². The van der Waals surface area contributed by atoms with Crippen LogP contribution in [0.5, 0.6) is 0 Å². The van der Waals surface area contributed by atoms with Crippen LogP contribution < -0.4 is 5.32 Å². The van der Waals surface area contributed by atoms with Gasteiger partial charge in [-0.3, -0.25) is 4.79 Å². The molecule has 1 fully saturated rings. The van der Waals surface area contributed by atoms with Crippen molar-refractivity contribution in [2.45, 2.75) is 55.2 Å². The molecule has 1 aromatic heterocycles. The van der Waals surface area contributed by atoms with Crippen LogP contribution in [-0.2, 0) is 4.79 Å². The topological polar surface area (TPSA) is 54.9 Å². The molecule has 100 valence electrons. The summed E-state index contributed by atoms with van der Waals surface area (Å²) in [4.78, 5) is 12.1. The maximum Gasteiger partial charge on any atom is 0.233 e. The fourth-order valence-corrected chi connectivity index (χ4v) is 3.88. The molecule has 1 saturated carbocycles. The van der Waals surface area contributed by atoms with Gasteiger partial charge in [-0.25, -0.2) is 0 Å². The molecule has 0 aromatic carbocycles. The van der Waals surface area contributed by atoms with Crippen molar-refractivity contribution >= 4 is 29.0 Å². The van der Waals surface area contributed by atoms with Crippen LogP contribution >= 0.6 is 23.1 Å². The Balaban J connectivity index is 1.83. The molecule has 4 nitrogen and oxygen atoms in total. The third-order valence-electron chi connectivity index (χ3n) is 3.43. The van der Waals surface area contributed by atoms with E-state index in [0.29, 0.717) is 12.0 Å². The van der Waals surface area contributed by atoms with Crippen molar-refractivity contribution in [3.63, 3.8) is 0 Å². The second-order valence-corrected chi connectivity index (χ2v) is 7.26. The molecule has 0 spiro atoms. The molecule has 1 aliphatic carbocycles. The normalized spacial score (nSPS) is 25.7. The number of carbonyl (C=O) groups is 1. The third kappa shape index (κ3) is 3.68. The molecule has 1 aliphatic rings. The van der Waals surface area contributed by atoms with Crippen LogP contribution in [0.25, 0.3) is 0 Å². The molecule has 3 atom stereocenters. The number of hydrogen-bond acceptors (Lipinski definition) is 5. The number of amides is 1. The summed E-state index contributed by atoms with van der Waals surface area (Å²) in [7, 11) is 0. The van der Waals surface area contributed by atoms with Gasteiger partial charge >= 0.3 is 0 Å². The highest BCUT2D eigenvalue weighted by molar-refractivity contribution is 8.02. The molecule has 6 heteroatoms. The van der Waals surface area contributed by atoms with E-state index >= 15 is 0 Å². The first-order valence-electron chi connectivity index (χ1n) is 6.40. The summed E-state index contributed by atoms with van der Waals surface area (Å²) in [6.45, 7) is 4.15. The van der Waals surface area contributed by atoms with Crippen molar-refractivity contribution in [2.24, 2.45) is 5.92 Å². The van der Waals surface area contributed by atoms with E-state index in [4.69, 9.17) is 0 Å². The predicted octanol–water partition coefficient (Wildman–Crippen LogP) is 2.71. The molecule has 1 amide bonds. The van der Waals surface area contributed by atoms with Gasteiger partial charge in [0, 0.05) is 6.04 Å². The fourth-order valence-electron chi connectivity index (χ4n) is 2.25. The monoisotopic (exact) mass is 285 g/mol. The number of rotatable bonds is 4. The minimum Gasteiger partial charge on any atom is -0.352 e. The van der Waals surface area contributed by atoms with Gasteiger partial charge < -0.3 is 5.32 Å². The zero-order valence-electron chi connectivity index (χ0n) is 10.8. The van der Waals surface area contributed by atoms with Gasteiger partial charge in [0.2, 0.25) is 5.91 Å². The molecular weight excluding hydrogens is 266 g/mol. The van der Waals surface area contributed by atoms with Crippen LogP contribution in [-0.4, -0.2) is 27.4 Å². The molecule has 0 aliphatic heterocycles. The highest BCUT2D eigenvalue weighted by Crippen LogP contribution is 2.26. The van der Waals surface area contributed by atoms with Gasteiger partial charge in [-0.1, -0.05) is 42.9 Å². The zero-order valence-corrected chi connectivity index (χ0v) is 12.4. The number of nitrogens with one attached hydrogen (secondary N) is 1. The Hall–Kier alpha value is -0.620. The minimum atomic E-state index is -0.105. The van der Waals surface area contributed by atoms with Crippen molar-refractivity contribution in [1.29, 1.82) is 0 Å². The van der Waals surface area contributed by atoms with E-state index in [1.807, 2.05) is 6.92 Å². The van der Waals surface area contributed by atoms with E-state index in [2.05, 4.69) is 22.4 Å². The van der Waals surface area contributed by atoms with Gasteiger partial charge in [-0.2, -0.15) is 0 Å². The number of thioether (sulfide) groups is 1. The van der Waals surface area contributed by atoms with Gasteiger partial charge in [0.1, 0.15) is 5.51 Å². The van der Waals surface area contributed by atoms with E-state index in [0.717, 1.165) is 10.8 Å². The summed E-state index contributed by atoms with van der Waals surface area (Å²) >= 11 is 2.96. The van der Waals surface area contributed by atoms with Crippen LogP contribution in [0, 0.1) is 5.92 Å². The van der Waals surface area contributed by atoms with E-state index in [1.54, 1.807) is 5.51 Å². The van der Waals surface area contributed by atoms with Gasteiger partial charge in [0.05, 0.1) is 5.25 Å². The lowest BCUT2D eigenvalue weighted by Crippen LogP contribution is -2.44. The highest BCUT2D eigenvalue weighted by Gasteiger charge is 2.25. The first-order valence-corrected chi connectivity index (χ1v) is 8.16. The average molecular weight is 285 g/mol. The Labute approximate surface area is 116 Å². The minimum absolute atomic E-state index is 0.105.